The van der Waals surface area contributed by atoms with Crippen LogP contribution < -0.4 is 10.5 Å². The molecule has 0 spiro atoms. The van der Waals surface area contributed by atoms with E-state index >= 15 is 0 Å². The van der Waals surface area contributed by atoms with Crippen LogP contribution in [0.2, 0.25) is 0 Å². The summed E-state index contributed by atoms with van der Waals surface area (Å²) in [6.07, 6.45) is 6.20. The van der Waals surface area contributed by atoms with Crippen LogP contribution in [0.4, 0.5) is 5.69 Å². The number of hydrogen-bond donors (Lipinski definition) is 1. The first-order valence-corrected chi connectivity index (χ1v) is 9.70. The molecule has 2 aromatic heterocycles. The number of hydrogen-bond acceptors (Lipinski definition) is 5. The van der Waals surface area contributed by atoms with E-state index in [1.165, 1.54) is 12.8 Å². The first-order chi connectivity index (χ1) is 13.7. The van der Waals surface area contributed by atoms with Crippen molar-refractivity contribution in [1.82, 2.24) is 14.9 Å². The van der Waals surface area contributed by atoms with Crippen LogP contribution in [0.25, 0.3) is 22.0 Å². The van der Waals surface area contributed by atoms with E-state index in [0.717, 1.165) is 40.6 Å². The molecule has 0 saturated heterocycles. The number of aromatic nitrogens is 2. The number of fused-ring (bicyclic) bond motifs is 2. The lowest BCUT2D eigenvalue weighted by atomic mass is 10.00. The summed E-state index contributed by atoms with van der Waals surface area (Å²) in [5.41, 5.74) is 10.9. The van der Waals surface area contributed by atoms with E-state index in [1.807, 2.05) is 35.2 Å². The van der Waals surface area contributed by atoms with Crippen molar-refractivity contribution in [2.75, 3.05) is 12.8 Å². The Morgan fingerprint density at radius 3 is 2.71 bits per heavy atom. The lowest BCUT2D eigenvalue weighted by Gasteiger charge is -2.23. The summed E-state index contributed by atoms with van der Waals surface area (Å²) < 4.78 is 5.44. The fourth-order valence-electron chi connectivity index (χ4n) is 4.58. The van der Waals surface area contributed by atoms with Crippen molar-refractivity contribution < 1.29 is 9.53 Å². The van der Waals surface area contributed by atoms with Gasteiger partial charge in [-0.05, 0) is 25.0 Å². The third-order valence-electron chi connectivity index (χ3n) is 5.95. The highest BCUT2D eigenvalue weighted by Crippen LogP contribution is 2.40. The van der Waals surface area contributed by atoms with Gasteiger partial charge in [0.2, 0.25) is 5.88 Å². The van der Waals surface area contributed by atoms with E-state index in [-0.39, 0.29) is 5.91 Å². The van der Waals surface area contributed by atoms with Crippen LogP contribution in [0.3, 0.4) is 0 Å². The molecule has 1 amide bonds. The fraction of sp³-hybridized carbons (Fsp3) is 0.318. The second-order valence-corrected chi connectivity index (χ2v) is 7.48. The van der Waals surface area contributed by atoms with Gasteiger partial charge in [-0.2, -0.15) is 0 Å². The summed E-state index contributed by atoms with van der Waals surface area (Å²) in [5, 5.41) is 0.795. The monoisotopic (exact) mass is 374 g/mol. The van der Waals surface area contributed by atoms with Gasteiger partial charge in [0.05, 0.1) is 36.1 Å². The van der Waals surface area contributed by atoms with E-state index in [0.29, 0.717) is 29.7 Å². The number of benzene rings is 1. The Kier molecular flexibility index (Phi) is 3.93. The lowest BCUT2D eigenvalue weighted by Crippen LogP contribution is -2.33. The zero-order chi connectivity index (χ0) is 19.3. The number of nitrogens with zero attached hydrogens (tertiary/aromatic N) is 3. The normalized spacial score (nSPS) is 16.8. The maximum atomic E-state index is 13.1. The molecule has 28 heavy (non-hydrogen) atoms. The molecular formula is C22H22N4O2. The molecule has 1 saturated carbocycles. The maximum Gasteiger partial charge on any atom is 0.258 e. The second-order valence-electron chi connectivity index (χ2n) is 7.48. The fourth-order valence-corrected chi connectivity index (χ4v) is 4.58. The topological polar surface area (TPSA) is 81.3 Å². The van der Waals surface area contributed by atoms with Gasteiger partial charge in [0, 0.05) is 28.8 Å². The zero-order valence-corrected chi connectivity index (χ0v) is 15.8. The number of nitrogen functional groups attached to an aromatic ring is 1. The molecule has 2 N–H and O–H groups in total. The molecule has 0 atom stereocenters. The molecule has 1 fully saturated rings. The Morgan fingerprint density at radius 2 is 1.93 bits per heavy atom. The van der Waals surface area contributed by atoms with Crippen molar-refractivity contribution in [1.29, 1.82) is 0 Å². The van der Waals surface area contributed by atoms with E-state index in [9.17, 15) is 4.79 Å². The third kappa shape index (κ3) is 2.44. The molecule has 3 aromatic rings. The standard InChI is InChI=1S/C22H22N4O2/c1-28-21-15(10-5-11-24-21)14-8-4-9-16-19(23)18-17(25-20(14)16)12-26(22(18)27)13-6-2-3-7-13/h4-5,8-11,13H,2-3,6-7,12H2,1H3,(H2,23,25). The molecule has 6 heteroatoms. The van der Waals surface area contributed by atoms with Gasteiger partial charge in [0.25, 0.3) is 5.91 Å². The number of nitrogens with two attached hydrogens (primary N) is 1. The van der Waals surface area contributed by atoms with E-state index < -0.39 is 0 Å². The Balaban J connectivity index is 1.69. The van der Waals surface area contributed by atoms with Crippen molar-refractivity contribution in [3.05, 3.63) is 47.8 Å². The number of amides is 1. The predicted octanol–water partition coefficient (Wildman–Crippen LogP) is 3.79. The van der Waals surface area contributed by atoms with Gasteiger partial charge in [-0.1, -0.05) is 31.0 Å². The summed E-state index contributed by atoms with van der Waals surface area (Å²) in [4.78, 5) is 24.3. The van der Waals surface area contributed by atoms with Gasteiger partial charge in [-0.15, -0.1) is 0 Å². The van der Waals surface area contributed by atoms with Gasteiger partial charge in [-0.3, -0.25) is 4.79 Å². The summed E-state index contributed by atoms with van der Waals surface area (Å²) in [5.74, 6) is 0.567. The first-order valence-electron chi connectivity index (χ1n) is 9.70. The van der Waals surface area contributed by atoms with Crippen molar-refractivity contribution >= 4 is 22.5 Å². The van der Waals surface area contributed by atoms with Crippen molar-refractivity contribution in [3.63, 3.8) is 0 Å². The van der Waals surface area contributed by atoms with Crippen LogP contribution in [-0.4, -0.2) is 33.9 Å². The zero-order valence-electron chi connectivity index (χ0n) is 15.8. The van der Waals surface area contributed by atoms with Gasteiger partial charge in [-0.25, -0.2) is 9.97 Å². The van der Waals surface area contributed by atoms with Gasteiger partial charge in [0.15, 0.2) is 0 Å². The first kappa shape index (κ1) is 17.0. The molecule has 1 aromatic carbocycles. The molecule has 1 aliphatic carbocycles. The average molecular weight is 374 g/mol. The molecule has 0 radical (unpaired) electrons. The molecular weight excluding hydrogens is 352 g/mol. The summed E-state index contributed by atoms with van der Waals surface area (Å²) in [7, 11) is 1.61. The quantitative estimate of drug-likeness (QED) is 0.754. The summed E-state index contributed by atoms with van der Waals surface area (Å²) in [6.45, 7) is 0.539. The van der Waals surface area contributed by atoms with Gasteiger partial charge in [0.1, 0.15) is 0 Å². The summed E-state index contributed by atoms with van der Waals surface area (Å²) in [6, 6.07) is 9.99. The van der Waals surface area contributed by atoms with Crippen LogP contribution in [0, 0.1) is 0 Å². The van der Waals surface area contributed by atoms with Crippen LogP contribution in [0.5, 0.6) is 5.88 Å². The van der Waals surface area contributed by atoms with Crippen LogP contribution in [0.1, 0.15) is 41.7 Å². The molecule has 2 aliphatic rings. The van der Waals surface area contributed by atoms with E-state index in [1.54, 1.807) is 13.3 Å². The van der Waals surface area contributed by atoms with Gasteiger partial charge >= 0.3 is 0 Å². The van der Waals surface area contributed by atoms with Crippen molar-refractivity contribution in [2.24, 2.45) is 0 Å². The van der Waals surface area contributed by atoms with Crippen LogP contribution in [0.15, 0.2) is 36.5 Å². The smallest absolute Gasteiger partial charge is 0.258 e. The number of methoxy groups -OCH3 is 1. The van der Waals surface area contributed by atoms with Crippen molar-refractivity contribution in [3.8, 4) is 17.0 Å². The van der Waals surface area contributed by atoms with Crippen LogP contribution in [-0.2, 0) is 6.54 Å². The largest absolute Gasteiger partial charge is 0.481 e. The number of para-hydroxylation sites is 1. The Hall–Kier alpha value is -3.15. The molecule has 0 unspecified atom stereocenters. The number of ether oxygens (including phenoxy) is 1. The highest BCUT2D eigenvalue weighted by molar-refractivity contribution is 6.11. The number of anilines is 1. The minimum Gasteiger partial charge on any atom is -0.481 e. The molecule has 6 nitrogen and oxygen atoms in total. The highest BCUT2D eigenvalue weighted by atomic mass is 16.5. The molecule has 3 heterocycles. The Labute approximate surface area is 163 Å². The second kappa shape index (κ2) is 6.48. The SMILES string of the molecule is COc1ncccc1-c1cccc2c(N)c3c(nc12)CN(C1CCCC1)C3=O. The molecule has 0 bridgehead atoms. The number of carbonyl (C=O) groups is 1. The predicted molar refractivity (Wildman–Crippen MR) is 108 cm³/mol. The highest BCUT2D eigenvalue weighted by Gasteiger charge is 2.37. The Morgan fingerprint density at radius 1 is 1.14 bits per heavy atom. The third-order valence-corrected chi connectivity index (χ3v) is 5.95. The molecule has 142 valence electrons. The Bertz CT molecular complexity index is 1090. The van der Waals surface area contributed by atoms with E-state index in [4.69, 9.17) is 15.5 Å². The molecule has 5 rings (SSSR count). The van der Waals surface area contributed by atoms with Crippen LogP contribution >= 0.6 is 0 Å². The van der Waals surface area contributed by atoms with Crippen molar-refractivity contribution in [2.45, 2.75) is 38.3 Å². The lowest BCUT2D eigenvalue weighted by molar-refractivity contribution is 0.0707. The van der Waals surface area contributed by atoms with E-state index in [2.05, 4.69) is 4.98 Å². The minimum atomic E-state index is 0.0261. The maximum absolute atomic E-state index is 13.1. The number of rotatable bonds is 3. The number of pyridine rings is 2. The average Bonchev–Trinajstić information content (AvgIpc) is 3.36. The van der Waals surface area contributed by atoms with Gasteiger partial charge < -0.3 is 15.4 Å². The molecule has 1 aliphatic heterocycles. The summed E-state index contributed by atoms with van der Waals surface area (Å²) >= 11 is 0. The minimum absolute atomic E-state index is 0.0261. The number of carbonyl (C=O) groups excluding carboxylic acids is 1.